The van der Waals surface area contributed by atoms with Gasteiger partial charge in [0.1, 0.15) is 0 Å². The Bertz CT molecular complexity index is 2540. The summed E-state index contributed by atoms with van der Waals surface area (Å²) < 4.78 is 2.04. The molecule has 0 unspecified atom stereocenters. The van der Waals surface area contributed by atoms with E-state index in [2.05, 4.69) is 138 Å². The van der Waals surface area contributed by atoms with Gasteiger partial charge in [-0.15, -0.1) is 11.3 Å². The number of anilines is 3. The van der Waals surface area contributed by atoms with Crippen LogP contribution in [-0.2, 0) is 5.41 Å². The predicted molar refractivity (Wildman–Crippen MR) is 189 cm³/mol. The molecule has 1 aliphatic carbocycles. The first-order chi connectivity index (χ1) is 22.2. The molecule has 2 aliphatic rings. The van der Waals surface area contributed by atoms with Gasteiger partial charge in [0.2, 0.25) is 0 Å². The number of rotatable bonds is 1. The highest BCUT2D eigenvalue weighted by Crippen LogP contribution is 2.64. The molecule has 210 valence electrons. The Hall–Kier alpha value is -5.51. The van der Waals surface area contributed by atoms with Crippen LogP contribution in [0.25, 0.3) is 42.1 Å². The van der Waals surface area contributed by atoms with E-state index < -0.39 is 5.41 Å². The molecule has 1 spiro atoms. The van der Waals surface area contributed by atoms with Crippen molar-refractivity contribution in [2.45, 2.75) is 5.41 Å². The first-order valence-corrected chi connectivity index (χ1v) is 16.1. The maximum atomic E-state index is 13.9. The summed E-state index contributed by atoms with van der Waals surface area (Å²) in [6.45, 7) is 0. The highest BCUT2D eigenvalue weighted by molar-refractivity contribution is 7.24. The molecule has 2 nitrogen and oxygen atoms in total. The summed E-state index contributed by atoms with van der Waals surface area (Å²) in [6.07, 6.45) is 0. The Morgan fingerprint density at radius 1 is 0.444 bits per heavy atom. The molecule has 0 saturated heterocycles. The van der Waals surface area contributed by atoms with Crippen LogP contribution < -0.4 is 10.3 Å². The third kappa shape index (κ3) is 3.15. The Kier molecular flexibility index (Phi) is 4.98. The summed E-state index contributed by atoms with van der Waals surface area (Å²) in [5.41, 5.74) is 10.4. The predicted octanol–water partition coefficient (Wildman–Crippen LogP) is 10.7. The number of benzene rings is 7. The van der Waals surface area contributed by atoms with E-state index in [4.69, 9.17) is 0 Å². The smallest absolute Gasteiger partial charge is 0.195 e. The van der Waals surface area contributed by atoms with Gasteiger partial charge in [-0.25, -0.2) is 0 Å². The number of hydrogen-bond donors (Lipinski definition) is 0. The minimum absolute atomic E-state index is 0.104. The van der Waals surface area contributed by atoms with Crippen LogP contribution in [0.2, 0.25) is 0 Å². The van der Waals surface area contributed by atoms with Gasteiger partial charge in [0.15, 0.2) is 5.43 Å². The van der Waals surface area contributed by atoms with Crippen LogP contribution in [0.15, 0.2) is 156 Å². The van der Waals surface area contributed by atoms with Crippen LogP contribution >= 0.6 is 11.3 Å². The fourth-order valence-corrected chi connectivity index (χ4v) is 9.15. The largest absolute Gasteiger partial charge is 0.309 e. The normalized spacial score (nSPS) is 14.0. The summed E-state index contributed by atoms with van der Waals surface area (Å²) in [6, 6.07) is 54.3. The van der Waals surface area contributed by atoms with Gasteiger partial charge in [0, 0.05) is 25.6 Å². The van der Waals surface area contributed by atoms with Crippen molar-refractivity contribution in [3.63, 3.8) is 0 Å². The Labute approximate surface area is 264 Å². The number of fused-ring (bicyclic) bond motifs is 12. The molecule has 0 saturated carbocycles. The summed E-state index contributed by atoms with van der Waals surface area (Å²) >= 11 is 1.71. The first kappa shape index (κ1) is 24.9. The quantitative estimate of drug-likeness (QED) is 0.177. The average Bonchev–Trinajstić information content (AvgIpc) is 3.38. The molecule has 45 heavy (non-hydrogen) atoms. The number of hydrogen-bond acceptors (Lipinski definition) is 3. The van der Waals surface area contributed by atoms with Gasteiger partial charge >= 0.3 is 0 Å². The van der Waals surface area contributed by atoms with E-state index in [1.807, 2.05) is 18.2 Å². The average molecular weight is 592 g/mol. The second-order valence-electron chi connectivity index (χ2n) is 12.0. The molecule has 10 rings (SSSR count). The monoisotopic (exact) mass is 591 g/mol. The molecule has 1 aromatic heterocycles. The second-order valence-corrected chi connectivity index (χ2v) is 13.1. The van der Waals surface area contributed by atoms with Crippen molar-refractivity contribution in [3.05, 3.63) is 184 Å². The Morgan fingerprint density at radius 3 is 1.84 bits per heavy atom. The van der Waals surface area contributed by atoms with Crippen LogP contribution in [-0.4, -0.2) is 0 Å². The molecule has 0 atom stereocenters. The van der Waals surface area contributed by atoms with Crippen molar-refractivity contribution in [1.29, 1.82) is 0 Å². The summed E-state index contributed by atoms with van der Waals surface area (Å²) in [5, 5.41) is 4.01. The molecule has 0 fully saturated rings. The van der Waals surface area contributed by atoms with Gasteiger partial charge in [-0.05, 0) is 81.2 Å². The maximum Gasteiger partial charge on any atom is 0.195 e. The van der Waals surface area contributed by atoms with E-state index in [1.165, 1.54) is 50.0 Å². The third-order valence-electron chi connectivity index (χ3n) is 9.85. The van der Waals surface area contributed by atoms with Crippen LogP contribution in [0, 0.1) is 0 Å². The highest BCUT2D eigenvalue weighted by atomic mass is 32.1. The zero-order chi connectivity index (χ0) is 29.7. The van der Waals surface area contributed by atoms with E-state index in [0.29, 0.717) is 0 Å². The molecule has 2 heterocycles. The van der Waals surface area contributed by atoms with Crippen molar-refractivity contribution in [2.24, 2.45) is 0 Å². The van der Waals surface area contributed by atoms with Crippen molar-refractivity contribution >= 4 is 59.3 Å². The lowest BCUT2D eigenvalue weighted by atomic mass is 9.64. The van der Waals surface area contributed by atoms with Crippen molar-refractivity contribution < 1.29 is 0 Å². The summed E-state index contributed by atoms with van der Waals surface area (Å²) in [5.74, 6) is 0. The second kappa shape index (κ2) is 9.01. The van der Waals surface area contributed by atoms with Crippen molar-refractivity contribution in [1.82, 2.24) is 0 Å². The maximum absolute atomic E-state index is 13.9. The fraction of sp³-hybridized carbons (Fsp3) is 0.0238. The molecule has 1 aliphatic heterocycles. The fourth-order valence-electron chi connectivity index (χ4n) is 8.06. The van der Waals surface area contributed by atoms with Gasteiger partial charge in [-0.3, -0.25) is 4.79 Å². The number of para-hydroxylation sites is 2. The van der Waals surface area contributed by atoms with E-state index in [0.717, 1.165) is 31.4 Å². The summed E-state index contributed by atoms with van der Waals surface area (Å²) in [4.78, 5) is 16.3. The molecule has 0 amide bonds. The lowest BCUT2D eigenvalue weighted by Gasteiger charge is -2.45. The lowest BCUT2D eigenvalue weighted by Crippen LogP contribution is -2.36. The standard InChI is InChI=1S/C42H25NOS/c44-41-29-16-4-10-23-39(29)45-40-25-35-30(24-31(40)41)28-15-3-5-17-32(28)42(35)33-18-6-8-20-37(33)43(38-21-9-7-19-34(38)42)36-22-11-13-26-12-1-2-14-27(26)36/h1-25H. The first-order valence-electron chi connectivity index (χ1n) is 15.3. The zero-order valence-electron chi connectivity index (χ0n) is 24.2. The molecule has 7 aromatic carbocycles. The minimum Gasteiger partial charge on any atom is -0.309 e. The van der Waals surface area contributed by atoms with E-state index >= 15 is 0 Å². The van der Waals surface area contributed by atoms with E-state index in [1.54, 1.807) is 11.3 Å². The molecule has 3 heteroatoms. The molecule has 0 N–H and O–H groups in total. The van der Waals surface area contributed by atoms with Gasteiger partial charge in [0.25, 0.3) is 0 Å². The zero-order valence-corrected chi connectivity index (χ0v) is 25.0. The Balaban J connectivity index is 1.36. The van der Waals surface area contributed by atoms with Crippen LogP contribution in [0.4, 0.5) is 17.1 Å². The molecular weight excluding hydrogens is 567 g/mol. The van der Waals surface area contributed by atoms with Gasteiger partial charge in [-0.1, -0.05) is 109 Å². The van der Waals surface area contributed by atoms with Crippen molar-refractivity contribution in [2.75, 3.05) is 4.90 Å². The SMILES string of the molecule is O=c1c2ccccc2sc2cc3c(cc12)-c1ccccc1C31c2ccccc2N(c2cccc3ccccc23)c2ccccc21. The molecule has 0 bridgehead atoms. The van der Waals surface area contributed by atoms with E-state index in [-0.39, 0.29) is 5.43 Å². The Morgan fingerprint density at radius 2 is 1.04 bits per heavy atom. The van der Waals surface area contributed by atoms with Crippen LogP contribution in [0.1, 0.15) is 22.3 Å². The molecule has 8 aromatic rings. The van der Waals surface area contributed by atoms with Crippen LogP contribution in [0.3, 0.4) is 0 Å². The molecule has 0 radical (unpaired) electrons. The number of nitrogens with zero attached hydrogens (tertiary/aromatic N) is 1. The van der Waals surface area contributed by atoms with E-state index in [9.17, 15) is 4.79 Å². The van der Waals surface area contributed by atoms with Crippen LogP contribution in [0.5, 0.6) is 0 Å². The summed E-state index contributed by atoms with van der Waals surface area (Å²) in [7, 11) is 0. The topological polar surface area (TPSA) is 20.3 Å². The lowest BCUT2D eigenvalue weighted by molar-refractivity contribution is 0.754. The third-order valence-corrected chi connectivity index (χ3v) is 11.0. The molecular formula is C42H25NOS. The van der Waals surface area contributed by atoms with Gasteiger partial charge < -0.3 is 4.90 Å². The highest BCUT2D eigenvalue weighted by Gasteiger charge is 2.51. The van der Waals surface area contributed by atoms with Crippen molar-refractivity contribution in [3.8, 4) is 11.1 Å². The van der Waals surface area contributed by atoms with Gasteiger partial charge in [0.05, 0.1) is 22.5 Å². The van der Waals surface area contributed by atoms with Gasteiger partial charge in [-0.2, -0.15) is 0 Å². The minimum atomic E-state index is -0.546.